The maximum absolute atomic E-state index is 4.86. The Bertz CT molecular complexity index is 755. The number of fused-ring (bicyclic) bond motifs is 1. The third kappa shape index (κ3) is 1.99. The third-order valence-electron chi connectivity index (χ3n) is 3.58. The van der Waals surface area contributed by atoms with Crippen LogP contribution in [0.4, 0.5) is 0 Å². The average Bonchev–Trinajstić information content (AvgIpc) is 2.76. The monoisotopic (exact) mass is 265 g/mol. The molecule has 0 aliphatic rings. The average molecular weight is 265 g/mol. The highest BCUT2D eigenvalue weighted by Gasteiger charge is 2.14. The molecule has 0 saturated heterocycles. The number of hydrogen-bond acceptors (Lipinski definition) is 2. The van der Waals surface area contributed by atoms with E-state index in [9.17, 15) is 0 Å². The number of aryl methyl sites for hydroxylation is 2. The van der Waals surface area contributed by atoms with Gasteiger partial charge >= 0.3 is 0 Å². The number of pyridine rings is 1. The van der Waals surface area contributed by atoms with E-state index in [1.807, 2.05) is 25.1 Å². The lowest BCUT2D eigenvalue weighted by Crippen LogP contribution is -2.02. The molecule has 102 valence electrons. The SMILES string of the molecule is Cc1cc2c(nc1-c1ccccc1)c(C)nn2C(C)C. The van der Waals surface area contributed by atoms with Gasteiger partial charge in [-0.25, -0.2) is 4.98 Å². The molecule has 0 spiro atoms. The van der Waals surface area contributed by atoms with E-state index in [4.69, 9.17) is 4.98 Å². The molecule has 0 saturated carbocycles. The van der Waals surface area contributed by atoms with Crippen LogP contribution < -0.4 is 0 Å². The molecule has 1 aromatic carbocycles. The van der Waals surface area contributed by atoms with E-state index in [1.165, 1.54) is 5.56 Å². The van der Waals surface area contributed by atoms with Gasteiger partial charge in [0.05, 0.1) is 16.9 Å². The Balaban J connectivity index is 2.28. The molecule has 0 bridgehead atoms. The molecule has 0 fully saturated rings. The van der Waals surface area contributed by atoms with E-state index in [2.05, 4.69) is 48.8 Å². The number of nitrogens with zero attached hydrogens (tertiary/aromatic N) is 3. The van der Waals surface area contributed by atoms with Crippen molar-refractivity contribution in [2.75, 3.05) is 0 Å². The molecule has 0 aliphatic heterocycles. The van der Waals surface area contributed by atoms with Crippen LogP contribution in [0.25, 0.3) is 22.3 Å². The lowest BCUT2D eigenvalue weighted by molar-refractivity contribution is 0.547. The molecule has 2 aromatic heterocycles. The Morgan fingerprint density at radius 2 is 1.75 bits per heavy atom. The Kier molecular flexibility index (Phi) is 3.05. The van der Waals surface area contributed by atoms with E-state index in [0.717, 1.165) is 28.0 Å². The second-order valence-electron chi connectivity index (χ2n) is 5.51. The molecule has 0 radical (unpaired) electrons. The molecule has 3 rings (SSSR count). The normalized spacial score (nSPS) is 11.4. The van der Waals surface area contributed by atoms with E-state index in [1.54, 1.807) is 0 Å². The molecule has 3 aromatic rings. The van der Waals surface area contributed by atoms with Crippen LogP contribution in [-0.2, 0) is 0 Å². The van der Waals surface area contributed by atoms with Gasteiger partial charge in [0.25, 0.3) is 0 Å². The summed E-state index contributed by atoms with van der Waals surface area (Å²) in [5.74, 6) is 0. The van der Waals surface area contributed by atoms with Crippen LogP contribution in [0.1, 0.15) is 31.1 Å². The van der Waals surface area contributed by atoms with Crippen LogP contribution in [0.3, 0.4) is 0 Å². The van der Waals surface area contributed by atoms with E-state index >= 15 is 0 Å². The molecular weight excluding hydrogens is 246 g/mol. The highest BCUT2D eigenvalue weighted by Crippen LogP contribution is 2.27. The fraction of sp³-hybridized carbons (Fsp3) is 0.294. The first kappa shape index (κ1) is 12.9. The molecule has 0 amide bonds. The summed E-state index contributed by atoms with van der Waals surface area (Å²) >= 11 is 0. The first-order chi connectivity index (χ1) is 9.58. The van der Waals surface area contributed by atoms with Crippen molar-refractivity contribution in [3.8, 4) is 11.3 Å². The van der Waals surface area contributed by atoms with Crippen molar-refractivity contribution in [1.82, 2.24) is 14.8 Å². The predicted molar refractivity (Wildman–Crippen MR) is 82.8 cm³/mol. The lowest BCUT2D eigenvalue weighted by atomic mass is 10.1. The van der Waals surface area contributed by atoms with Gasteiger partial charge in [0.2, 0.25) is 0 Å². The Morgan fingerprint density at radius 3 is 2.40 bits per heavy atom. The molecule has 3 heteroatoms. The minimum atomic E-state index is 0.343. The second kappa shape index (κ2) is 4.75. The van der Waals surface area contributed by atoms with Gasteiger partial charge in [0.15, 0.2) is 0 Å². The molecule has 2 heterocycles. The summed E-state index contributed by atoms with van der Waals surface area (Å²) < 4.78 is 2.06. The van der Waals surface area contributed by atoms with Gasteiger partial charge in [0, 0.05) is 11.6 Å². The van der Waals surface area contributed by atoms with Crippen molar-refractivity contribution >= 4 is 11.0 Å². The van der Waals surface area contributed by atoms with Crippen LogP contribution in [0.2, 0.25) is 0 Å². The van der Waals surface area contributed by atoms with Crippen molar-refractivity contribution in [1.29, 1.82) is 0 Å². The van der Waals surface area contributed by atoms with Crippen LogP contribution in [0.5, 0.6) is 0 Å². The van der Waals surface area contributed by atoms with E-state index < -0.39 is 0 Å². The summed E-state index contributed by atoms with van der Waals surface area (Å²) in [6.07, 6.45) is 0. The largest absolute Gasteiger partial charge is 0.260 e. The fourth-order valence-electron chi connectivity index (χ4n) is 2.58. The zero-order chi connectivity index (χ0) is 14.3. The minimum Gasteiger partial charge on any atom is -0.260 e. The first-order valence-electron chi connectivity index (χ1n) is 7.00. The Morgan fingerprint density at radius 1 is 1.05 bits per heavy atom. The summed E-state index contributed by atoms with van der Waals surface area (Å²) in [6, 6.07) is 12.9. The van der Waals surface area contributed by atoms with Gasteiger partial charge in [-0.2, -0.15) is 5.10 Å². The van der Waals surface area contributed by atoms with Gasteiger partial charge < -0.3 is 0 Å². The van der Waals surface area contributed by atoms with E-state index in [-0.39, 0.29) is 0 Å². The second-order valence-corrected chi connectivity index (χ2v) is 5.51. The molecule has 3 nitrogen and oxygen atoms in total. The maximum atomic E-state index is 4.86. The molecular formula is C17H19N3. The first-order valence-corrected chi connectivity index (χ1v) is 7.00. The number of rotatable bonds is 2. The lowest BCUT2D eigenvalue weighted by Gasteiger charge is -2.09. The molecule has 0 unspecified atom stereocenters. The van der Waals surface area contributed by atoms with Gasteiger partial charge in [-0.1, -0.05) is 30.3 Å². The highest BCUT2D eigenvalue weighted by molar-refractivity contribution is 5.82. The van der Waals surface area contributed by atoms with Crippen LogP contribution in [-0.4, -0.2) is 14.8 Å². The summed E-state index contributed by atoms with van der Waals surface area (Å²) in [7, 11) is 0. The summed E-state index contributed by atoms with van der Waals surface area (Å²) in [6.45, 7) is 8.43. The van der Waals surface area contributed by atoms with Crippen molar-refractivity contribution in [2.24, 2.45) is 0 Å². The zero-order valence-electron chi connectivity index (χ0n) is 12.4. The predicted octanol–water partition coefficient (Wildman–Crippen LogP) is 4.30. The summed E-state index contributed by atoms with van der Waals surface area (Å²) in [5.41, 5.74) is 6.50. The van der Waals surface area contributed by atoms with Crippen LogP contribution in [0, 0.1) is 13.8 Å². The minimum absolute atomic E-state index is 0.343. The zero-order valence-corrected chi connectivity index (χ0v) is 12.4. The quantitative estimate of drug-likeness (QED) is 0.691. The molecule has 0 aliphatic carbocycles. The number of aromatic nitrogens is 3. The molecule has 0 N–H and O–H groups in total. The van der Waals surface area contributed by atoms with Crippen molar-refractivity contribution in [2.45, 2.75) is 33.7 Å². The smallest absolute Gasteiger partial charge is 0.112 e. The van der Waals surface area contributed by atoms with Crippen LogP contribution in [0.15, 0.2) is 36.4 Å². The van der Waals surface area contributed by atoms with Gasteiger partial charge in [-0.3, -0.25) is 4.68 Å². The van der Waals surface area contributed by atoms with Crippen molar-refractivity contribution < 1.29 is 0 Å². The van der Waals surface area contributed by atoms with Gasteiger partial charge in [0.1, 0.15) is 5.52 Å². The topological polar surface area (TPSA) is 30.7 Å². The summed E-state index contributed by atoms with van der Waals surface area (Å²) in [4.78, 5) is 4.86. The van der Waals surface area contributed by atoms with Crippen molar-refractivity contribution in [3.05, 3.63) is 47.7 Å². The Labute approximate surface area is 119 Å². The number of hydrogen-bond donors (Lipinski definition) is 0. The fourth-order valence-corrected chi connectivity index (χ4v) is 2.58. The third-order valence-corrected chi connectivity index (χ3v) is 3.58. The standard InChI is InChI=1S/C17H19N3/c1-11(2)20-15-10-12(3)16(14-8-6-5-7-9-14)18-17(15)13(4)19-20/h5-11H,1-4H3. The summed E-state index contributed by atoms with van der Waals surface area (Å²) in [5, 5.41) is 4.62. The van der Waals surface area contributed by atoms with Gasteiger partial charge in [-0.15, -0.1) is 0 Å². The number of benzene rings is 1. The molecule has 0 atom stereocenters. The highest BCUT2D eigenvalue weighted by atomic mass is 15.3. The van der Waals surface area contributed by atoms with Crippen LogP contribution >= 0.6 is 0 Å². The van der Waals surface area contributed by atoms with E-state index in [0.29, 0.717) is 6.04 Å². The van der Waals surface area contributed by atoms with Crippen molar-refractivity contribution in [3.63, 3.8) is 0 Å². The van der Waals surface area contributed by atoms with Gasteiger partial charge in [-0.05, 0) is 39.3 Å². The maximum Gasteiger partial charge on any atom is 0.112 e. The molecule has 20 heavy (non-hydrogen) atoms. The Hall–Kier alpha value is -2.16.